The number of allylic oxidation sites excluding steroid dienone is 1. The van der Waals surface area contributed by atoms with Gasteiger partial charge in [0.1, 0.15) is 6.10 Å². The molecule has 0 aliphatic heterocycles. The predicted molar refractivity (Wildman–Crippen MR) is 84.5 cm³/mol. The molecule has 0 N–H and O–H groups in total. The Labute approximate surface area is 120 Å². The van der Waals surface area contributed by atoms with E-state index in [9.17, 15) is 0 Å². The maximum Gasteiger partial charge on any atom is 0.258 e. The summed E-state index contributed by atoms with van der Waals surface area (Å²) >= 11 is 0. The molecule has 0 aromatic heterocycles. The van der Waals surface area contributed by atoms with Gasteiger partial charge in [-0.2, -0.15) is 0 Å². The normalized spacial score (nSPS) is 22.9. The summed E-state index contributed by atoms with van der Waals surface area (Å²) in [6, 6.07) is 0. The van der Waals surface area contributed by atoms with Gasteiger partial charge in [-0.3, -0.25) is 0 Å². The third kappa shape index (κ3) is 3.88. The van der Waals surface area contributed by atoms with Crippen LogP contribution in [0.4, 0.5) is 0 Å². The second-order valence-electron chi connectivity index (χ2n) is 7.83. The quantitative estimate of drug-likeness (QED) is 0.399. The van der Waals surface area contributed by atoms with E-state index in [2.05, 4.69) is 67.3 Å². The summed E-state index contributed by atoms with van der Waals surface area (Å²) in [5.41, 5.74) is 1.61. The fourth-order valence-corrected chi connectivity index (χ4v) is 2.86. The summed E-state index contributed by atoms with van der Waals surface area (Å²) in [6.45, 7) is 21.7. The molecule has 1 unspecified atom stereocenters. The molecule has 1 atom stereocenters. The van der Waals surface area contributed by atoms with Gasteiger partial charge in [0, 0.05) is 0 Å². The molecule has 0 aromatic carbocycles. The highest BCUT2D eigenvalue weighted by molar-refractivity contribution is 6.74. The summed E-state index contributed by atoms with van der Waals surface area (Å²) in [5, 5.41) is 0.167. The van der Waals surface area contributed by atoms with Gasteiger partial charge in [0.15, 0.2) is 0 Å². The molecule has 0 fully saturated rings. The Morgan fingerprint density at radius 3 is 2.26 bits per heavy atom. The topological polar surface area (TPSA) is 18.5 Å². The van der Waals surface area contributed by atoms with Crippen molar-refractivity contribution in [1.29, 1.82) is 0 Å². The maximum absolute atomic E-state index is 6.06. The highest BCUT2D eigenvalue weighted by Crippen LogP contribution is 2.41. The molecule has 0 aromatic rings. The SMILES string of the molecule is C=C(OC1C=C(C)C(C)(C)C1)O[Si](C)(C)C(C)(C)C. The van der Waals surface area contributed by atoms with Crippen molar-refractivity contribution in [3.05, 3.63) is 24.2 Å². The highest BCUT2D eigenvalue weighted by Gasteiger charge is 2.40. The van der Waals surface area contributed by atoms with Crippen LogP contribution in [0, 0.1) is 5.41 Å². The first kappa shape index (κ1) is 16.4. The zero-order chi connectivity index (χ0) is 15.1. The molecule has 1 aliphatic rings. The van der Waals surface area contributed by atoms with Crippen molar-refractivity contribution in [2.75, 3.05) is 0 Å². The third-order valence-corrected chi connectivity index (χ3v) is 9.02. The monoisotopic (exact) mass is 282 g/mol. The van der Waals surface area contributed by atoms with E-state index in [1.54, 1.807) is 0 Å². The molecular formula is C16H30O2Si. The van der Waals surface area contributed by atoms with Gasteiger partial charge in [0.2, 0.25) is 0 Å². The number of ether oxygens (including phenoxy) is 1. The van der Waals surface area contributed by atoms with Crippen molar-refractivity contribution in [2.45, 2.75) is 72.2 Å². The van der Waals surface area contributed by atoms with Crippen molar-refractivity contribution >= 4 is 8.32 Å². The molecule has 1 rings (SSSR count). The fraction of sp³-hybridized carbons (Fsp3) is 0.750. The lowest BCUT2D eigenvalue weighted by atomic mass is 9.87. The Kier molecular flexibility index (Phi) is 4.31. The Hall–Kier alpha value is -0.703. The van der Waals surface area contributed by atoms with Gasteiger partial charge >= 0.3 is 0 Å². The molecule has 0 heterocycles. The summed E-state index contributed by atoms with van der Waals surface area (Å²) in [7, 11) is -1.84. The van der Waals surface area contributed by atoms with Crippen molar-refractivity contribution in [3.63, 3.8) is 0 Å². The lowest BCUT2D eigenvalue weighted by Crippen LogP contribution is -2.40. The number of rotatable bonds is 4. The largest absolute Gasteiger partial charge is 0.519 e. The summed E-state index contributed by atoms with van der Waals surface area (Å²) in [4.78, 5) is 0. The Morgan fingerprint density at radius 2 is 1.89 bits per heavy atom. The minimum absolute atomic E-state index is 0.104. The predicted octanol–water partition coefficient (Wildman–Crippen LogP) is 5.24. The molecule has 2 nitrogen and oxygen atoms in total. The van der Waals surface area contributed by atoms with E-state index < -0.39 is 8.32 Å². The zero-order valence-corrected chi connectivity index (χ0v) is 14.9. The molecule has 3 heteroatoms. The van der Waals surface area contributed by atoms with Crippen LogP contribution >= 0.6 is 0 Å². The van der Waals surface area contributed by atoms with Gasteiger partial charge in [-0.15, -0.1) is 0 Å². The Morgan fingerprint density at radius 1 is 1.37 bits per heavy atom. The first-order chi connectivity index (χ1) is 8.35. The number of hydrogen-bond donors (Lipinski definition) is 0. The van der Waals surface area contributed by atoms with Crippen LogP contribution in [-0.2, 0) is 9.16 Å². The van der Waals surface area contributed by atoms with Crippen molar-refractivity contribution in [3.8, 4) is 0 Å². The van der Waals surface area contributed by atoms with E-state index >= 15 is 0 Å². The lowest BCUT2D eigenvalue weighted by Gasteiger charge is -2.37. The molecule has 19 heavy (non-hydrogen) atoms. The summed E-state index contributed by atoms with van der Waals surface area (Å²) in [6.07, 6.45) is 3.30. The van der Waals surface area contributed by atoms with Crippen LogP contribution in [0.3, 0.4) is 0 Å². The van der Waals surface area contributed by atoms with E-state index in [0.717, 1.165) is 6.42 Å². The van der Waals surface area contributed by atoms with Gasteiger partial charge < -0.3 is 9.16 Å². The van der Waals surface area contributed by atoms with Crippen LogP contribution < -0.4 is 0 Å². The molecule has 0 amide bonds. The van der Waals surface area contributed by atoms with E-state index in [-0.39, 0.29) is 16.6 Å². The van der Waals surface area contributed by atoms with Gasteiger partial charge in [-0.25, -0.2) is 0 Å². The second-order valence-corrected chi connectivity index (χ2v) is 12.6. The van der Waals surface area contributed by atoms with Crippen LogP contribution in [0.15, 0.2) is 24.2 Å². The average molecular weight is 282 g/mol. The van der Waals surface area contributed by atoms with Crippen LogP contribution in [0.25, 0.3) is 0 Å². The van der Waals surface area contributed by atoms with Crippen LogP contribution in [0.1, 0.15) is 48.0 Å². The van der Waals surface area contributed by atoms with Crippen LogP contribution in [-0.4, -0.2) is 14.4 Å². The third-order valence-electron chi connectivity index (χ3n) is 4.67. The van der Waals surface area contributed by atoms with Gasteiger partial charge in [0.05, 0.1) is 0 Å². The molecule has 0 bridgehead atoms. The first-order valence-corrected chi connectivity index (χ1v) is 9.99. The van der Waals surface area contributed by atoms with Crippen LogP contribution in [0.5, 0.6) is 0 Å². The van der Waals surface area contributed by atoms with E-state index in [1.165, 1.54) is 5.57 Å². The van der Waals surface area contributed by atoms with Gasteiger partial charge in [-0.1, -0.05) is 40.2 Å². The second kappa shape index (κ2) is 5.00. The summed E-state index contributed by atoms with van der Waals surface area (Å²) in [5.74, 6) is 0.485. The molecule has 110 valence electrons. The molecular weight excluding hydrogens is 252 g/mol. The fourth-order valence-electron chi connectivity index (χ4n) is 1.93. The standard InChI is InChI=1S/C16H30O2Si/c1-12-10-14(11-16(12,6)7)17-13(2)18-19(8,9)15(3,4)5/h10,14H,2,11H2,1,3-9H3. The Balaban J connectivity index is 2.60. The minimum atomic E-state index is -1.84. The maximum atomic E-state index is 6.06. The van der Waals surface area contributed by atoms with Gasteiger partial charge in [-0.05, 0) is 49.5 Å². The molecule has 1 aliphatic carbocycles. The van der Waals surface area contributed by atoms with E-state index in [1.807, 2.05) is 0 Å². The first-order valence-electron chi connectivity index (χ1n) is 7.09. The van der Waals surface area contributed by atoms with Crippen LogP contribution in [0.2, 0.25) is 18.1 Å². The zero-order valence-electron chi connectivity index (χ0n) is 13.9. The van der Waals surface area contributed by atoms with Gasteiger partial charge in [0.25, 0.3) is 14.3 Å². The molecule has 0 saturated carbocycles. The minimum Gasteiger partial charge on any atom is -0.519 e. The smallest absolute Gasteiger partial charge is 0.258 e. The molecule has 0 saturated heterocycles. The Bertz CT molecular complexity index is 386. The van der Waals surface area contributed by atoms with Crippen molar-refractivity contribution in [1.82, 2.24) is 0 Å². The lowest BCUT2D eigenvalue weighted by molar-refractivity contribution is 0.0537. The highest BCUT2D eigenvalue weighted by atomic mass is 28.4. The van der Waals surface area contributed by atoms with E-state index in [4.69, 9.17) is 9.16 Å². The molecule has 0 radical (unpaired) electrons. The van der Waals surface area contributed by atoms with Crippen molar-refractivity contribution < 1.29 is 9.16 Å². The van der Waals surface area contributed by atoms with E-state index in [0.29, 0.717) is 5.95 Å². The number of hydrogen-bond acceptors (Lipinski definition) is 2. The average Bonchev–Trinajstić information content (AvgIpc) is 2.36. The molecule has 0 spiro atoms. The summed E-state index contributed by atoms with van der Waals surface area (Å²) < 4.78 is 12.0. The van der Waals surface area contributed by atoms with Crippen molar-refractivity contribution in [2.24, 2.45) is 5.41 Å².